The van der Waals surface area contributed by atoms with Crippen LogP contribution in [-0.2, 0) is 0 Å². The number of benzene rings is 1. The summed E-state index contributed by atoms with van der Waals surface area (Å²) in [6.45, 7) is 5.90. The van der Waals surface area contributed by atoms with Gasteiger partial charge in [0.05, 0.1) is 5.02 Å². The van der Waals surface area contributed by atoms with Crippen molar-refractivity contribution >= 4 is 17.4 Å². The third kappa shape index (κ3) is 2.36. The third-order valence-corrected chi connectivity index (χ3v) is 2.76. The van der Waals surface area contributed by atoms with E-state index in [4.69, 9.17) is 11.6 Å². The van der Waals surface area contributed by atoms with Gasteiger partial charge in [-0.15, -0.1) is 0 Å². The summed E-state index contributed by atoms with van der Waals surface area (Å²) in [6.07, 6.45) is 0.850. The molecule has 0 radical (unpaired) electrons. The van der Waals surface area contributed by atoms with Crippen LogP contribution in [0.2, 0.25) is 5.02 Å². The summed E-state index contributed by atoms with van der Waals surface area (Å²) in [7, 11) is 0. The highest BCUT2D eigenvalue weighted by Crippen LogP contribution is 2.21. The third-order valence-electron chi connectivity index (χ3n) is 2.45. The first-order chi connectivity index (χ1) is 6.56. The van der Waals surface area contributed by atoms with Gasteiger partial charge in [0.25, 0.3) is 0 Å². The lowest BCUT2D eigenvalue weighted by Crippen LogP contribution is -2.10. The lowest BCUT2D eigenvalue weighted by Gasteiger charge is -2.09. The Bertz CT molecular complexity index is 344. The van der Waals surface area contributed by atoms with Crippen LogP contribution in [0, 0.1) is 12.8 Å². The Morgan fingerprint density at radius 3 is 2.64 bits per heavy atom. The molecule has 0 saturated carbocycles. The highest BCUT2D eigenvalue weighted by molar-refractivity contribution is 6.34. The molecule has 1 nitrogen and oxygen atoms in total. The number of ketones is 1. The number of hydrogen-bond acceptors (Lipinski definition) is 1. The lowest BCUT2D eigenvalue weighted by molar-refractivity contribution is 0.0927. The largest absolute Gasteiger partial charge is 0.294 e. The quantitative estimate of drug-likeness (QED) is 0.692. The van der Waals surface area contributed by atoms with Crippen LogP contribution in [0.15, 0.2) is 18.2 Å². The molecule has 1 aromatic rings. The SMILES string of the molecule is CCC(C)C(=O)c1ccc(C)cc1Cl. The van der Waals surface area contributed by atoms with Crippen LogP contribution in [0.1, 0.15) is 36.2 Å². The second-order valence-electron chi connectivity index (χ2n) is 3.66. The highest BCUT2D eigenvalue weighted by Gasteiger charge is 2.15. The maximum Gasteiger partial charge on any atom is 0.167 e. The van der Waals surface area contributed by atoms with Crippen LogP contribution in [0.4, 0.5) is 0 Å². The average Bonchev–Trinajstić information content (AvgIpc) is 2.15. The minimum absolute atomic E-state index is 0.0511. The first-order valence-electron chi connectivity index (χ1n) is 4.86. The van der Waals surface area contributed by atoms with Crippen LogP contribution >= 0.6 is 11.6 Å². The molecule has 0 spiro atoms. The molecular weight excluding hydrogens is 196 g/mol. The minimum Gasteiger partial charge on any atom is -0.294 e. The van der Waals surface area contributed by atoms with Gasteiger partial charge in [-0.25, -0.2) is 0 Å². The molecule has 14 heavy (non-hydrogen) atoms. The fraction of sp³-hybridized carbons (Fsp3) is 0.417. The van der Waals surface area contributed by atoms with Crippen molar-refractivity contribution in [2.24, 2.45) is 5.92 Å². The van der Waals surface area contributed by atoms with Crippen LogP contribution in [0.5, 0.6) is 0 Å². The summed E-state index contributed by atoms with van der Waals surface area (Å²) >= 11 is 6.00. The molecule has 1 aromatic carbocycles. The zero-order chi connectivity index (χ0) is 10.7. The molecule has 1 unspecified atom stereocenters. The van der Waals surface area contributed by atoms with E-state index in [0.717, 1.165) is 12.0 Å². The Labute approximate surface area is 90.1 Å². The zero-order valence-electron chi connectivity index (χ0n) is 8.80. The first kappa shape index (κ1) is 11.3. The number of aryl methyl sites for hydroxylation is 1. The van der Waals surface area contributed by atoms with Crippen molar-refractivity contribution in [1.29, 1.82) is 0 Å². The van der Waals surface area contributed by atoms with Crippen molar-refractivity contribution in [3.05, 3.63) is 34.3 Å². The molecule has 0 bridgehead atoms. The van der Waals surface area contributed by atoms with E-state index in [-0.39, 0.29) is 11.7 Å². The van der Waals surface area contributed by atoms with Crippen LogP contribution in [0.25, 0.3) is 0 Å². The van der Waals surface area contributed by atoms with Crippen molar-refractivity contribution in [2.45, 2.75) is 27.2 Å². The second-order valence-corrected chi connectivity index (χ2v) is 4.06. The fourth-order valence-electron chi connectivity index (χ4n) is 1.27. The van der Waals surface area contributed by atoms with Crippen LogP contribution in [0.3, 0.4) is 0 Å². The van der Waals surface area contributed by atoms with E-state index in [0.29, 0.717) is 10.6 Å². The fourth-order valence-corrected chi connectivity index (χ4v) is 1.60. The lowest BCUT2D eigenvalue weighted by atomic mass is 9.96. The van der Waals surface area contributed by atoms with Gasteiger partial charge in [0.1, 0.15) is 0 Å². The monoisotopic (exact) mass is 210 g/mol. The van der Waals surface area contributed by atoms with Crippen molar-refractivity contribution in [3.8, 4) is 0 Å². The standard InChI is InChI=1S/C12H15ClO/c1-4-9(3)12(14)10-6-5-8(2)7-11(10)13/h5-7,9H,4H2,1-3H3. The van der Waals surface area contributed by atoms with Gasteiger partial charge in [0, 0.05) is 11.5 Å². The van der Waals surface area contributed by atoms with Crippen molar-refractivity contribution in [1.82, 2.24) is 0 Å². The predicted molar refractivity (Wildman–Crippen MR) is 60.0 cm³/mol. The Kier molecular flexibility index (Phi) is 3.70. The maximum atomic E-state index is 11.8. The molecule has 0 aliphatic heterocycles. The minimum atomic E-state index is 0.0511. The van der Waals surface area contributed by atoms with Crippen LogP contribution in [-0.4, -0.2) is 5.78 Å². The molecule has 2 heteroatoms. The number of halogens is 1. The normalized spacial score (nSPS) is 12.6. The Balaban J connectivity index is 3.02. The zero-order valence-corrected chi connectivity index (χ0v) is 9.56. The van der Waals surface area contributed by atoms with Gasteiger partial charge in [0.2, 0.25) is 0 Å². The number of Topliss-reactive ketones (excluding diaryl/α,β-unsaturated/α-hetero) is 1. The van der Waals surface area contributed by atoms with Gasteiger partial charge in [0.15, 0.2) is 5.78 Å². The summed E-state index contributed by atoms with van der Waals surface area (Å²) < 4.78 is 0. The van der Waals surface area contributed by atoms with Gasteiger partial charge in [-0.3, -0.25) is 4.79 Å². The van der Waals surface area contributed by atoms with E-state index in [1.165, 1.54) is 0 Å². The van der Waals surface area contributed by atoms with Gasteiger partial charge in [-0.2, -0.15) is 0 Å². The summed E-state index contributed by atoms with van der Waals surface area (Å²) in [4.78, 5) is 11.8. The van der Waals surface area contributed by atoms with E-state index in [9.17, 15) is 4.79 Å². The van der Waals surface area contributed by atoms with Crippen molar-refractivity contribution < 1.29 is 4.79 Å². The molecule has 76 valence electrons. The Hall–Kier alpha value is -0.820. The molecule has 0 aliphatic rings. The number of carbonyl (C=O) groups excluding carboxylic acids is 1. The van der Waals surface area contributed by atoms with Gasteiger partial charge in [-0.1, -0.05) is 31.5 Å². The summed E-state index contributed by atoms with van der Waals surface area (Å²) in [5, 5.41) is 0.565. The Morgan fingerprint density at radius 2 is 2.14 bits per heavy atom. The van der Waals surface area contributed by atoms with E-state index in [1.807, 2.05) is 39.0 Å². The topological polar surface area (TPSA) is 17.1 Å². The average molecular weight is 211 g/mol. The number of hydrogen-bond donors (Lipinski definition) is 0. The van der Waals surface area contributed by atoms with E-state index < -0.39 is 0 Å². The maximum absolute atomic E-state index is 11.8. The molecule has 0 saturated heterocycles. The van der Waals surface area contributed by atoms with Crippen molar-refractivity contribution in [2.75, 3.05) is 0 Å². The number of carbonyl (C=O) groups is 1. The summed E-state index contributed by atoms with van der Waals surface area (Å²) in [6, 6.07) is 5.56. The summed E-state index contributed by atoms with van der Waals surface area (Å²) in [5.74, 6) is 0.188. The van der Waals surface area contributed by atoms with Crippen molar-refractivity contribution in [3.63, 3.8) is 0 Å². The molecular formula is C12H15ClO. The predicted octanol–water partition coefficient (Wildman–Crippen LogP) is 3.88. The molecule has 0 heterocycles. The molecule has 0 N–H and O–H groups in total. The summed E-state index contributed by atoms with van der Waals surface area (Å²) in [5.41, 5.74) is 1.72. The van der Waals surface area contributed by atoms with E-state index >= 15 is 0 Å². The van der Waals surface area contributed by atoms with Crippen LogP contribution < -0.4 is 0 Å². The Morgan fingerprint density at radius 1 is 1.50 bits per heavy atom. The van der Waals surface area contributed by atoms with Gasteiger partial charge < -0.3 is 0 Å². The molecule has 0 aliphatic carbocycles. The molecule has 0 aromatic heterocycles. The molecule has 0 amide bonds. The molecule has 0 fully saturated rings. The van der Waals surface area contributed by atoms with E-state index in [1.54, 1.807) is 0 Å². The molecule has 1 atom stereocenters. The second kappa shape index (κ2) is 4.61. The smallest absolute Gasteiger partial charge is 0.167 e. The van der Waals surface area contributed by atoms with Gasteiger partial charge in [-0.05, 0) is 31.0 Å². The first-order valence-corrected chi connectivity index (χ1v) is 5.24. The van der Waals surface area contributed by atoms with E-state index in [2.05, 4.69) is 0 Å². The number of rotatable bonds is 3. The molecule has 1 rings (SSSR count). The highest BCUT2D eigenvalue weighted by atomic mass is 35.5. The van der Waals surface area contributed by atoms with Gasteiger partial charge >= 0.3 is 0 Å².